The normalized spacial score (nSPS) is 13.0. The molecule has 0 radical (unpaired) electrons. The molecule has 3 rings (SSSR count). The SMILES string of the molecule is CC(C)C(NC(=O)OC(C)(C)C)C(=O)N(CCO)C(C(=O)Nc1ccc2ccccc2c1)c1cccc(O)c1. The maximum absolute atomic E-state index is 13.9. The third kappa shape index (κ3) is 7.94. The summed E-state index contributed by atoms with van der Waals surface area (Å²) < 4.78 is 5.35. The first-order valence-corrected chi connectivity index (χ1v) is 12.9. The Morgan fingerprint density at radius 2 is 1.64 bits per heavy atom. The number of carbonyl (C=O) groups excluding carboxylic acids is 3. The van der Waals surface area contributed by atoms with Crippen molar-refractivity contribution in [3.63, 3.8) is 0 Å². The zero-order chi connectivity index (χ0) is 28.7. The van der Waals surface area contributed by atoms with Gasteiger partial charge in [0.1, 0.15) is 23.4 Å². The number of aliphatic hydroxyl groups is 1. The Balaban J connectivity index is 1.99. The van der Waals surface area contributed by atoms with Gasteiger partial charge in [0.05, 0.1) is 6.61 Å². The van der Waals surface area contributed by atoms with E-state index in [1.54, 1.807) is 52.8 Å². The topological polar surface area (TPSA) is 128 Å². The minimum absolute atomic E-state index is 0.0836. The third-order valence-corrected chi connectivity index (χ3v) is 5.99. The second-order valence-corrected chi connectivity index (χ2v) is 10.7. The van der Waals surface area contributed by atoms with Crippen LogP contribution in [0.4, 0.5) is 10.5 Å². The van der Waals surface area contributed by atoms with Gasteiger partial charge in [0.25, 0.3) is 5.91 Å². The molecule has 3 amide bonds. The number of fused-ring (bicyclic) bond motifs is 1. The molecule has 0 aliphatic heterocycles. The summed E-state index contributed by atoms with van der Waals surface area (Å²) in [4.78, 5) is 41.5. The van der Waals surface area contributed by atoms with E-state index in [0.29, 0.717) is 11.3 Å². The molecule has 0 aliphatic carbocycles. The second-order valence-electron chi connectivity index (χ2n) is 10.7. The minimum atomic E-state index is -1.22. The zero-order valence-corrected chi connectivity index (χ0v) is 23.0. The molecule has 4 N–H and O–H groups in total. The van der Waals surface area contributed by atoms with Crippen molar-refractivity contribution in [2.75, 3.05) is 18.5 Å². The Labute approximate surface area is 228 Å². The summed E-state index contributed by atoms with van der Waals surface area (Å²) in [6, 6.07) is 17.0. The van der Waals surface area contributed by atoms with Gasteiger partial charge in [-0.05, 0) is 67.3 Å². The number of hydrogen-bond acceptors (Lipinski definition) is 6. The van der Waals surface area contributed by atoms with Gasteiger partial charge in [-0.25, -0.2) is 4.79 Å². The predicted molar refractivity (Wildman–Crippen MR) is 150 cm³/mol. The van der Waals surface area contributed by atoms with E-state index in [1.807, 2.05) is 36.4 Å². The largest absolute Gasteiger partial charge is 0.508 e. The molecule has 0 aliphatic rings. The molecule has 0 aromatic heterocycles. The highest BCUT2D eigenvalue weighted by molar-refractivity contribution is 6.00. The summed E-state index contributed by atoms with van der Waals surface area (Å²) in [5.74, 6) is -1.57. The van der Waals surface area contributed by atoms with Crippen LogP contribution in [-0.4, -0.2) is 57.8 Å². The average molecular weight is 536 g/mol. The summed E-state index contributed by atoms with van der Waals surface area (Å²) in [6.45, 7) is 8.04. The van der Waals surface area contributed by atoms with Gasteiger partial charge in [0, 0.05) is 12.2 Å². The number of nitrogens with zero attached hydrogens (tertiary/aromatic N) is 1. The van der Waals surface area contributed by atoms with Crippen LogP contribution in [0, 0.1) is 5.92 Å². The summed E-state index contributed by atoms with van der Waals surface area (Å²) in [7, 11) is 0. The number of alkyl carbamates (subject to hydrolysis) is 1. The Morgan fingerprint density at radius 3 is 2.26 bits per heavy atom. The number of phenols is 1. The quantitative estimate of drug-likeness (QED) is 0.317. The molecular formula is C30H37N3O6. The summed E-state index contributed by atoms with van der Waals surface area (Å²) in [6.07, 6.45) is -0.770. The molecule has 208 valence electrons. The highest BCUT2D eigenvalue weighted by Crippen LogP contribution is 2.28. The summed E-state index contributed by atoms with van der Waals surface area (Å²) >= 11 is 0. The maximum Gasteiger partial charge on any atom is 0.408 e. The van der Waals surface area contributed by atoms with E-state index in [9.17, 15) is 24.6 Å². The molecule has 0 fully saturated rings. The zero-order valence-electron chi connectivity index (χ0n) is 23.0. The second kappa shape index (κ2) is 12.6. The van der Waals surface area contributed by atoms with E-state index < -0.39 is 42.2 Å². The lowest BCUT2D eigenvalue weighted by Crippen LogP contribution is -2.55. The van der Waals surface area contributed by atoms with E-state index in [-0.39, 0.29) is 18.2 Å². The van der Waals surface area contributed by atoms with Crippen LogP contribution < -0.4 is 10.6 Å². The number of aliphatic hydroxyl groups excluding tert-OH is 1. The molecule has 0 spiro atoms. The lowest BCUT2D eigenvalue weighted by molar-refractivity contribution is -0.142. The standard InChI is InChI=1S/C30H37N3O6/c1-19(2)25(32-29(38)39-30(3,4)5)28(37)33(15-16-34)26(22-11-8-12-24(35)18-22)27(36)31-23-14-13-20-9-6-7-10-21(20)17-23/h6-14,17-19,25-26,34-35H,15-16H2,1-5H3,(H,31,36)(H,32,38). The first-order valence-electron chi connectivity index (χ1n) is 12.9. The number of phenolic OH excluding ortho intramolecular Hbond substituents is 1. The number of anilines is 1. The van der Waals surface area contributed by atoms with Crippen LogP contribution in [0.15, 0.2) is 66.7 Å². The van der Waals surface area contributed by atoms with Crippen LogP contribution in [0.2, 0.25) is 0 Å². The first-order chi connectivity index (χ1) is 18.4. The molecule has 0 heterocycles. The van der Waals surface area contributed by atoms with Gasteiger partial charge >= 0.3 is 6.09 Å². The van der Waals surface area contributed by atoms with Gasteiger partial charge < -0.3 is 30.5 Å². The number of rotatable bonds is 9. The fourth-order valence-corrected chi connectivity index (χ4v) is 4.25. The Bertz CT molecular complexity index is 1320. The third-order valence-electron chi connectivity index (χ3n) is 5.99. The molecule has 2 unspecified atom stereocenters. The van der Waals surface area contributed by atoms with E-state index in [0.717, 1.165) is 10.8 Å². The van der Waals surface area contributed by atoms with Crippen molar-refractivity contribution in [1.29, 1.82) is 0 Å². The molecule has 9 heteroatoms. The van der Waals surface area contributed by atoms with E-state index in [1.165, 1.54) is 17.0 Å². The molecule has 9 nitrogen and oxygen atoms in total. The molecule has 39 heavy (non-hydrogen) atoms. The predicted octanol–water partition coefficient (Wildman–Crippen LogP) is 4.60. The Kier molecular flexibility index (Phi) is 9.53. The van der Waals surface area contributed by atoms with Crippen molar-refractivity contribution in [3.05, 3.63) is 72.3 Å². The number of carbonyl (C=O) groups is 3. The fourth-order valence-electron chi connectivity index (χ4n) is 4.25. The van der Waals surface area contributed by atoms with Crippen LogP contribution in [0.5, 0.6) is 5.75 Å². The van der Waals surface area contributed by atoms with Crippen molar-refractivity contribution < 1.29 is 29.3 Å². The molecule has 3 aromatic carbocycles. The van der Waals surface area contributed by atoms with Crippen LogP contribution in [-0.2, 0) is 14.3 Å². The molecular weight excluding hydrogens is 498 g/mol. The molecule has 3 aromatic rings. The number of amides is 3. The number of nitrogens with one attached hydrogen (secondary N) is 2. The minimum Gasteiger partial charge on any atom is -0.508 e. The number of benzene rings is 3. The first kappa shape index (κ1) is 29.4. The van der Waals surface area contributed by atoms with E-state index in [2.05, 4.69) is 10.6 Å². The van der Waals surface area contributed by atoms with Gasteiger partial charge in [-0.2, -0.15) is 0 Å². The highest BCUT2D eigenvalue weighted by Gasteiger charge is 2.37. The lowest BCUT2D eigenvalue weighted by Gasteiger charge is -2.35. The monoisotopic (exact) mass is 535 g/mol. The molecule has 0 saturated carbocycles. The van der Waals surface area contributed by atoms with Crippen molar-refractivity contribution in [3.8, 4) is 5.75 Å². The van der Waals surface area contributed by atoms with E-state index in [4.69, 9.17) is 4.74 Å². The maximum atomic E-state index is 13.9. The fraction of sp³-hybridized carbons (Fsp3) is 0.367. The summed E-state index contributed by atoms with van der Waals surface area (Å²) in [5.41, 5.74) is 0.0888. The number of hydrogen-bond donors (Lipinski definition) is 4. The van der Waals surface area contributed by atoms with Gasteiger partial charge in [-0.1, -0.05) is 56.3 Å². The molecule has 2 atom stereocenters. The van der Waals surface area contributed by atoms with Crippen LogP contribution >= 0.6 is 0 Å². The Morgan fingerprint density at radius 1 is 0.949 bits per heavy atom. The van der Waals surface area contributed by atoms with Gasteiger partial charge in [0.2, 0.25) is 5.91 Å². The molecule has 0 bridgehead atoms. The molecule has 0 saturated heterocycles. The van der Waals surface area contributed by atoms with Crippen molar-refractivity contribution in [2.45, 2.75) is 52.3 Å². The smallest absolute Gasteiger partial charge is 0.408 e. The Hall–Kier alpha value is -4.11. The lowest BCUT2D eigenvalue weighted by atomic mass is 9.98. The van der Waals surface area contributed by atoms with Crippen molar-refractivity contribution in [2.24, 2.45) is 5.92 Å². The van der Waals surface area contributed by atoms with Crippen molar-refractivity contribution in [1.82, 2.24) is 10.2 Å². The average Bonchev–Trinajstić information content (AvgIpc) is 2.85. The van der Waals surface area contributed by atoms with Crippen LogP contribution in [0.25, 0.3) is 10.8 Å². The van der Waals surface area contributed by atoms with Gasteiger partial charge in [-0.15, -0.1) is 0 Å². The number of aromatic hydroxyl groups is 1. The number of ether oxygens (including phenoxy) is 1. The van der Waals surface area contributed by atoms with Crippen LogP contribution in [0.3, 0.4) is 0 Å². The van der Waals surface area contributed by atoms with E-state index >= 15 is 0 Å². The highest BCUT2D eigenvalue weighted by atomic mass is 16.6. The van der Waals surface area contributed by atoms with Crippen LogP contribution in [0.1, 0.15) is 46.2 Å². The van der Waals surface area contributed by atoms with Gasteiger partial charge in [0.15, 0.2) is 0 Å². The summed E-state index contributed by atoms with van der Waals surface area (Å²) in [5, 5.41) is 27.5. The van der Waals surface area contributed by atoms with Gasteiger partial charge in [-0.3, -0.25) is 9.59 Å². The van der Waals surface area contributed by atoms with Crippen molar-refractivity contribution >= 4 is 34.4 Å².